The van der Waals surface area contributed by atoms with E-state index in [0.717, 1.165) is 0 Å². The van der Waals surface area contributed by atoms with Gasteiger partial charge in [-0.1, -0.05) is 17.7 Å². The number of carbonyl (C=O) groups excluding carboxylic acids is 2. The molecular formula is C13H10ClN7O2. The van der Waals surface area contributed by atoms with Crippen molar-refractivity contribution in [2.75, 3.05) is 10.7 Å². The molecule has 0 spiro atoms. The fraction of sp³-hybridized carbons (Fsp3) is 0. The number of rotatable bonds is 5. The van der Waals surface area contributed by atoms with Gasteiger partial charge in [-0.3, -0.25) is 15.0 Å². The Hall–Kier alpha value is -3.38. The summed E-state index contributed by atoms with van der Waals surface area (Å²) in [6.45, 7) is 0. The Balaban J connectivity index is 2.12. The largest absolute Gasteiger partial charge is 0.364 e. The van der Waals surface area contributed by atoms with Gasteiger partial charge in [0.1, 0.15) is 11.8 Å². The molecule has 0 aliphatic rings. The van der Waals surface area contributed by atoms with Crippen molar-refractivity contribution in [2.24, 2.45) is 10.8 Å². The average molecular weight is 332 g/mol. The molecule has 0 aliphatic heterocycles. The van der Waals surface area contributed by atoms with Crippen LogP contribution in [0.2, 0.25) is 5.02 Å². The molecule has 0 saturated heterocycles. The maximum Gasteiger partial charge on any atom is 0.287 e. The summed E-state index contributed by atoms with van der Waals surface area (Å²) in [5.41, 5.74) is 7.37. The number of hydrogen-bond donors (Lipinski definition) is 4. The number of aromatic nitrogens is 2. The van der Waals surface area contributed by atoms with Crippen molar-refractivity contribution in [3.63, 3.8) is 0 Å². The normalized spacial score (nSPS) is 10.7. The highest BCUT2D eigenvalue weighted by atomic mass is 35.5. The van der Waals surface area contributed by atoms with Crippen LogP contribution in [0, 0.1) is 11.3 Å². The zero-order valence-corrected chi connectivity index (χ0v) is 12.3. The molecule has 5 N–H and O–H groups in total. The molecule has 1 aromatic carbocycles. The summed E-state index contributed by atoms with van der Waals surface area (Å²) in [7, 11) is 0. The summed E-state index contributed by atoms with van der Waals surface area (Å²) < 4.78 is 0. The molecule has 2 amide bonds. The molecule has 0 saturated carbocycles. The number of benzene rings is 1. The van der Waals surface area contributed by atoms with Crippen LogP contribution >= 0.6 is 11.6 Å². The van der Waals surface area contributed by atoms with Gasteiger partial charge in [-0.25, -0.2) is 4.98 Å². The predicted molar refractivity (Wildman–Crippen MR) is 83.9 cm³/mol. The lowest BCUT2D eigenvalue weighted by Crippen LogP contribution is -2.23. The van der Waals surface area contributed by atoms with E-state index in [1.54, 1.807) is 24.3 Å². The van der Waals surface area contributed by atoms with Crippen LogP contribution in [0.4, 0.5) is 11.5 Å². The molecule has 2 rings (SSSR count). The van der Waals surface area contributed by atoms with Gasteiger partial charge in [-0.2, -0.15) is 10.4 Å². The molecule has 0 bridgehead atoms. The second kappa shape index (κ2) is 7.06. The zero-order chi connectivity index (χ0) is 16.8. The summed E-state index contributed by atoms with van der Waals surface area (Å²) >= 11 is 5.80. The van der Waals surface area contributed by atoms with E-state index in [4.69, 9.17) is 22.6 Å². The molecule has 1 aromatic heterocycles. The van der Waals surface area contributed by atoms with E-state index in [1.165, 1.54) is 12.4 Å². The number of H-pyrrole nitrogens is 1. The fourth-order valence-electron chi connectivity index (χ4n) is 1.56. The molecule has 10 heteroatoms. The number of hydrogen-bond acceptors (Lipinski definition) is 6. The Morgan fingerprint density at radius 2 is 2.22 bits per heavy atom. The third-order valence-corrected chi connectivity index (χ3v) is 2.80. The molecule has 0 fully saturated rings. The Morgan fingerprint density at radius 3 is 2.87 bits per heavy atom. The van der Waals surface area contributed by atoms with Gasteiger partial charge >= 0.3 is 0 Å². The Labute approximate surface area is 135 Å². The molecule has 0 atom stereocenters. The Bertz CT molecular complexity index is 822. The first kappa shape index (κ1) is 16.0. The van der Waals surface area contributed by atoms with Crippen molar-refractivity contribution in [3.8, 4) is 6.07 Å². The Morgan fingerprint density at radius 1 is 1.43 bits per heavy atom. The van der Waals surface area contributed by atoms with Gasteiger partial charge in [0.2, 0.25) is 5.71 Å². The summed E-state index contributed by atoms with van der Waals surface area (Å²) in [6.07, 6.45) is 1.22. The fourth-order valence-corrected chi connectivity index (χ4v) is 1.75. The number of anilines is 2. The van der Waals surface area contributed by atoms with Gasteiger partial charge in [0.15, 0.2) is 5.82 Å². The molecule has 23 heavy (non-hydrogen) atoms. The van der Waals surface area contributed by atoms with Crippen LogP contribution in [0.1, 0.15) is 10.5 Å². The van der Waals surface area contributed by atoms with Gasteiger partial charge in [0.05, 0.1) is 6.33 Å². The minimum Gasteiger partial charge on any atom is -0.364 e. The van der Waals surface area contributed by atoms with E-state index in [9.17, 15) is 9.59 Å². The summed E-state index contributed by atoms with van der Waals surface area (Å²) in [6, 6.07) is 8.03. The minimum absolute atomic E-state index is 0.000746. The van der Waals surface area contributed by atoms with Crippen molar-refractivity contribution in [2.45, 2.75) is 0 Å². The highest BCUT2D eigenvalue weighted by molar-refractivity contribution is 6.48. The third-order valence-electron chi connectivity index (χ3n) is 2.56. The number of nitrogens with one attached hydrogen (secondary N) is 3. The van der Waals surface area contributed by atoms with Crippen LogP contribution in [0.25, 0.3) is 0 Å². The number of carbonyl (C=O) groups is 2. The van der Waals surface area contributed by atoms with E-state index in [-0.39, 0.29) is 11.5 Å². The number of nitriles is 1. The first-order chi connectivity index (χ1) is 11.0. The molecular weight excluding hydrogens is 322 g/mol. The molecule has 9 nitrogen and oxygen atoms in total. The lowest BCUT2D eigenvalue weighted by atomic mass is 10.3. The second-order valence-corrected chi connectivity index (χ2v) is 4.58. The number of nitrogens with zero attached hydrogens (tertiary/aromatic N) is 3. The molecule has 0 radical (unpaired) electrons. The maximum atomic E-state index is 12.0. The highest BCUT2D eigenvalue weighted by Gasteiger charge is 2.14. The van der Waals surface area contributed by atoms with Crippen molar-refractivity contribution in [1.29, 1.82) is 5.26 Å². The van der Waals surface area contributed by atoms with Crippen LogP contribution in [-0.2, 0) is 4.79 Å². The van der Waals surface area contributed by atoms with Crippen molar-refractivity contribution in [1.82, 2.24) is 9.97 Å². The minimum atomic E-state index is -0.762. The summed E-state index contributed by atoms with van der Waals surface area (Å²) in [5, 5.41) is 15.5. The number of primary amides is 1. The standard InChI is InChI=1S/C13H10ClN7O2/c14-7-2-1-3-8(4-7)19-13(23)9(5-15)20-21-12-10(11(16)22)17-6-18-12/h1-4,6,21H,(H2,16,22)(H,17,18)(H,19,23)/b20-9+. The van der Waals surface area contributed by atoms with Gasteiger partial charge in [-0.05, 0) is 18.2 Å². The predicted octanol–water partition coefficient (Wildman–Crippen LogP) is 1.09. The smallest absolute Gasteiger partial charge is 0.287 e. The number of hydrazone groups is 1. The molecule has 0 unspecified atom stereocenters. The van der Waals surface area contributed by atoms with Crippen LogP contribution < -0.4 is 16.5 Å². The molecule has 1 heterocycles. The number of aromatic amines is 1. The third kappa shape index (κ3) is 4.05. The van der Waals surface area contributed by atoms with Crippen LogP contribution in [0.3, 0.4) is 0 Å². The van der Waals surface area contributed by atoms with E-state index in [1.807, 2.05) is 0 Å². The quantitative estimate of drug-likeness (QED) is 0.478. The first-order valence-electron chi connectivity index (χ1n) is 6.15. The summed E-state index contributed by atoms with van der Waals surface area (Å²) in [5.74, 6) is -1.51. The van der Waals surface area contributed by atoms with E-state index in [0.29, 0.717) is 10.7 Å². The number of amides is 2. The highest BCUT2D eigenvalue weighted by Crippen LogP contribution is 2.15. The zero-order valence-electron chi connectivity index (χ0n) is 11.5. The van der Waals surface area contributed by atoms with E-state index >= 15 is 0 Å². The SMILES string of the molecule is N#C/C(=N\Nc1nc[nH]c1C(N)=O)C(=O)Nc1cccc(Cl)c1. The lowest BCUT2D eigenvalue weighted by molar-refractivity contribution is -0.110. The van der Waals surface area contributed by atoms with Crippen LogP contribution in [0.5, 0.6) is 0 Å². The monoisotopic (exact) mass is 331 g/mol. The topological polar surface area (TPSA) is 149 Å². The lowest BCUT2D eigenvalue weighted by Gasteiger charge is -2.04. The van der Waals surface area contributed by atoms with Crippen LogP contribution in [-0.4, -0.2) is 27.5 Å². The average Bonchev–Trinajstić information content (AvgIpc) is 2.96. The van der Waals surface area contributed by atoms with Crippen molar-refractivity contribution < 1.29 is 9.59 Å². The molecule has 116 valence electrons. The van der Waals surface area contributed by atoms with Crippen LogP contribution in [0.15, 0.2) is 35.7 Å². The Kier molecular flexibility index (Phi) is 4.91. The maximum absolute atomic E-state index is 12.0. The van der Waals surface area contributed by atoms with E-state index in [2.05, 4.69) is 25.8 Å². The van der Waals surface area contributed by atoms with Gasteiger partial charge in [-0.15, -0.1) is 0 Å². The van der Waals surface area contributed by atoms with Gasteiger partial charge in [0, 0.05) is 10.7 Å². The molecule has 0 aliphatic carbocycles. The van der Waals surface area contributed by atoms with Crippen molar-refractivity contribution >= 4 is 40.6 Å². The number of imidazole rings is 1. The van der Waals surface area contributed by atoms with E-state index < -0.39 is 17.5 Å². The first-order valence-corrected chi connectivity index (χ1v) is 6.53. The van der Waals surface area contributed by atoms with Gasteiger partial charge in [0.25, 0.3) is 11.8 Å². The second-order valence-electron chi connectivity index (χ2n) is 4.14. The number of nitrogens with two attached hydrogens (primary N) is 1. The van der Waals surface area contributed by atoms with Gasteiger partial charge < -0.3 is 16.0 Å². The van der Waals surface area contributed by atoms with Crippen molar-refractivity contribution in [3.05, 3.63) is 41.3 Å². The molecule has 2 aromatic rings. The summed E-state index contributed by atoms with van der Waals surface area (Å²) in [4.78, 5) is 29.3. The number of halogens is 1.